The molecule has 0 atom stereocenters. The maximum atomic E-state index is 12.2. The lowest BCUT2D eigenvalue weighted by molar-refractivity contribution is -0.117. The van der Waals surface area contributed by atoms with E-state index < -0.39 is 0 Å². The molecule has 2 N–H and O–H groups in total. The van der Waals surface area contributed by atoms with Crippen molar-refractivity contribution in [2.75, 3.05) is 26.0 Å². The summed E-state index contributed by atoms with van der Waals surface area (Å²) in [6, 6.07) is 14.8. The molecule has 1 aromatic heterocycles. The van der Waals surface area contributed by atoms with Crippen LogP contribution in [-0.2, 0) is 11.3 Å². The Labute approximate surface area is 155 Å². The molecule has 2 aromatic carbocycles. The molecule has 0 spiro atoms. The predicted octanol–water partition coefficient (Wildman–Crippen LogP) is 2.73. The van der Waals surface area contributed by atoms with Crippen LogP contribution >= 0.6 is 11.3 Å². The van der Waals surface area contributed by atoms with E-state index in [-0.39, 0.29) is 18.4 Å². The molecule has 0 aliphatic carbocycles. The van der Waals surface area contributed by atoms with E-state index in [4.69, 9.17) is 0 Å². The number of carbonyl (C=O) groups excluding carboxylic acids is 2. The lowest BCUT2D eigenvalue weighted by Gasteiger charge is -2.14. The highest BCUT2D eigenvalue weighted by Gasteiger charge is 2.11. The van der Waals surface area contributed by atoms with Gasteiger partial charge in [-0.2, -0.15) is 0 Å². The first kappa shape index (κ1) is 18.0. The van der Waals surface area contributed by atoms with Crippen molar-refractivity contribution in [3.63, 3.8) is 0 Å². The van der Waals surface area contributed by atoms with Gasteiger partial charge in [0, 0.05) is 18.3 Å². The number of likely N-dealkylation sites (N-methyl/N-ethyl adjacent to an activating group) is 1. The summed E-state index contributed by atoms with van der Waals surface area (Å²) in [5.74, 6) is -0.264. The van der Waals surface area contributed by atoms with Crippen LogP contribution in [0.2, 0.25) is 0 Å². The molecule has 2 amide bonds. The summed E-state index contributed by atoms with van der Waals surface area (Å²) in [7, 11) is 3.47. The van der Waals surface area contributed by atoms with Gasteiger partial charge in [-0.3, -0.25) is 14.5 Å². The number of rotatable bonds is 6. The molecule has 0 aliphatic rings. The van der Waals surface area contributed by atoms with Crippen molar-refractivity contribution in [1.82, 2.24) is 15.2 Å². The molecular formula is C19H20N4O2S. The van der Waals surface area contributed by atoms with Gasteiger partial charge in [-0.15, -0.1) is 11.3 Å². The Morgan fingerprint density at radius 1 is 1.12 bits per heavy atom. The molecule has 134 valence electrons. The number of aromatic nitrogens is 1. The van der Waals surface area contributed by atoms with E-state index >= 15 is 0 Å². The Balaban J connectivity index is 1.54. The van der Waals surface area contributed by atoms with Crippen LogP contribution < -0.4 is 10.6 Å². The summed E-state index contributed by atoms with van der Waals surface area (Å²) >= 11 is 1.64. The Hall–Kier alpha value is -2.77. The predicted molar refractivity (Wildman–Crippen MR) is 104 cm³/mol. The molecule has 0 bridgehead atoms. The largest absolute Gasteiger partial charge is 0.355 e. The van der Waals surface area contributed by atoms with E-state index in [1.54, 1.807) is 42.6 Å². The van der Waals surface area contributed by atoms with Gasteiger partial charge in [0.1, 0.15) is 5.01 Å². The van der Waals surface area contributed by atoms with E-state index in [0.29, 0.717) is 17.8 Å². The minimum atomic E-state index is -0.154. The van der Waals surface area contributed by atoms with Gasteiger partial charge < -0.3 is 10.6 Å². The normalized spacial score (nSPS) is 10.9. The van der Waals surface area contributed by atoms with Crippen LogP contribution in [-0.4, -0.2) is 42.3 Å². The number of hydrogen-bond acceptors (Lipinski definition) is 5. The zero-order valence-corrected chi connectivity index (χ0v) is 15.5. The maximum Gasteiger partial charge on any atom is 0.251 e. The van der Waals surface area contributed by atoms with Crippen molar-refractivity contribution in [3.05, 3.63) is 59.1 Å². The third-order valence-electron chi connectivity index (χ3n) is 3.81. The number of para-hydroxylation sites is 1. The first-order valence-electron chi connectivity index (χ1n) is 8.20. The van der Waals surface area contributed by atoms with Crippen LogP contribution in [0.25, 0.3) is 10.2 Å². The lowest BCUT2D eigenvalue weighted by atomic mass is 10.2. The van der Waals surface area contributed by atoms with Crippen molar-refractivity contribution < 1.29 is 9.59 Å². The van der Waals surface area contributed by atoms with Crippen LogP contribution in [0.15, 0.2) is 48.5 Å². The minimum Gasteiger partial charge on any atom is -0.355 e. The molecule has 0 unspecified atom stereocenters. The van der Waals surface area contributed by atoms with Crippen LogP contribution in [0.3, 0.4) is 0 Å². The van der Waals surface area contributed by atoms with E-state index in [0.717, 1.165) is 15.2 Å². The van der Waals surface area contributed by atoms with Crippen molar-refractivity contribution >= 4 is 39.1 Å². The van der Waals surface area contributed by atoms with Crippen molar-refractivity contribution in [2.45, 2.75) is 6.54 Å². The summed E-state index contributed by atoms with van der Waals surface area (Å²) in [5.41, 5.74) is 2.20. The molecule has 0 aliphatic heterocycles. The summed E-state index contributed by atoms with van der Waals surface area (Å²) in [5, 5.41) is 6.39. The Morgan fingerprint density at radius 2 is 1.85 bits per heavy atom. The van der Waals surface area contributed by atoms with Gasteiger partial charge >= 0.3 is 0 Å². The van der Waals surface area contributed by atoms with Crippen LogP contribution in [0.1, 0.15) is 15.4 Å². The smallest absolute Gasteiger partial charge is 0.251 e. The number of fused-ring (bicyclic) bond motifs is 1. The number of carbonyl (C=O) groups is 2. The molecule has 6 nitrogen and oxygen atoms in total. The number of thiazole rings is 1. The first-order valence-corrected chi connectivity index (χ1v) is 9.02. The summed E-state index contributed by atoms with van der Waals surface area (Å²) in [6.45, 7) is 0.871. The average molecular weight is 368 g/mol. The fraction of sp³-hybridized carbons (Fsp3) is 0.211. The van der Waals surface area contributed by atoms with Crippen molar-refractivity contribution in [2.24, 2.45) is 0 Å². The summed E-state index contributed by atoms with van der Waals surface area (Å²) in [6.07, 6.45) is 0. The van der Waals surface area contributed by atoms with Gasteiger partial charge in [-0.25, -0.2) is 4.98 Å². The highest BCUT2D eigenvalue weighted by molar-refractivity contribution is 7.18. The van der Waals surface area contributed by atoms with Gasteiger partial charge in [0.25, 0.3) is 5.91 Å². The first-order chi connectivity index (χ1) is 12.5. The molecule has 0 saturated heterocycles. The van der Waals surface area contributed by atoms with E-state index in [9.17, 15) is 9.59 Å². The van der Waals surface area contributed by atoms with Gasteiger partial charge in [-0.05, 0) is 43.4 Å². The fourth-order valence-electron chi connectivity index (χ4n) is 2.57. The third-order valence-corrected chi connectivity index (χ3v) is 4.84. The number of benzene rings is 2. The number of hydrogen-bond donors (Lipinski definition) is 2. The molecular weight excluding hydrogens is 348 g/mol. The second-order valence-electron chi connectivity index (χ2n) is 5.95. The third kappa shape index (κ3) is 4.44. The topological polar surface area (TPSA) is 74.3 Å². The van der Waals surface area contributed by atoms with Crippen LogP contribution in [0.4, 0.5) is 5.69 Å². The molecule has 1 heterocycles. The standard InChI is InChI=1S/C19H20N4O2S/c1-20-19(25)13-7-9-14(10-8-13)21-17(24)11-23(2)12-18-22-15-5-3-4-6-16(15)26-18/h3-10H,11-12H2,1-2H3,(H,20,25)(H,21,24). The zero-order chi connectivity index (χ0) is 18.5. The SMILES string of the molecule is CNC(=O)c1ccc(NC(=O)CN(C)Cc2nc3ccccc3s2)cc1. The number of amides is 2. The number of nitrogens with zero attached hydrogens (tertiary/aromatic N) is 2. The molecule has 3 rings (SSSR count). The second kappa shape index (κ2) is 8.07. The minimum absolute atomic E-state index is 0.110. The summed E-state index contributed by atoms with van der Waals surface area (Å²) < 4.78 is 1.15. The molecule has 3 aromatic rings. The number of anilines is 1. The van der Waals surface area contributed by atoms with Gasteiger partial charge in [0.15, 0.2) is 0 Å². The molecule has 0 saturated carbocycles. The van der Waals surface area contributed by atoms with Gasteiger partial charge in [0.2, 0.25) is 5.91 Å². The Morgan fingerprint density at radius 3 is 2.54 bits per heavy atom. The fourth-order valence-corrected chi connectivity index (χ4v) is 3.62. The quantitative estimate of drug-likeness (QED) is 0.702. The molecule has 26 heavy (non-hydrogen) atoms. The van der Waals surface area contributed by atoms with Gasteiger partial charge in [0.05, 0.1) is 23.3 Å². The molecule has 7 heteroatoms. The molecule has 0 radical (unpaired) electrons. The number of nitrogens with one attached hydrogen (secondary N) is 2. The van der Waals surface area contributed by atoms with Crippen LogP contribution in [0.5, 0.6) is 0 Å². The van der Waals surface area contributed by atoms with Crippen molar-refractivity contribution in [1.29, 1.82) is 0 Å². The highest BCUT2D eigenvalue weighted by Crippen LogP contribution is 2.22. The Kier molecular flexibility index (Phi) is 5.60. The van der Waals surface area contributed by atoms with Crippen molar-refractivity contribution in [3.8, 4) is 0 Å². The van der Waals surface area contributed by atoms with E-state index in [2.05, 4.69) is 15.6 Å². The Bertz CT molecular complexity index is 888. The van der Waals surface area contributed by atoms with Gasteiger partial charge in [-0.1, -0.05) is 12.1 Å². The zero-order valence-electron chi connectivity index (χ0n) is 14.7. The van der Waals surface area contributed by atoms with E-state index in [1.807, 2.05) is 36.2 Å². The maximum absolute atomic E-state index is 12.2. The highest BCUT2D eigenvalue weighted by atomic mass is 32.1. The summed E-state index contributed by atoms with van der Waals surface area (Å²) in [4.78, 5) is 30.2. The second-order valence-corrected chi connectivity index (χ2v) is 7.07. The molecule has 0 fully saturated rings. The lowest BCUT2D eigenvalue weighted by Crippen LogP contribution is -2.29. The van der Waals surface area contributed by atoms with Crippen LogP contribution in [0, 0.1) is 0 Å². The average Bonchev–Trinajstić information content (AvgIpc) is 3.03. The van der Waals surface area contributed by atoms with E-state index in [1.165, 1.54) is 0 Å². The monoisotopic (exact) mass is 368 g/mol.